The van der Waals surface area contributed by atoms with Crippen LogP contribution in [0.3, 0.4) is 0 Å². The number of hydrogen-bond acceptors (Lipinski definition) is 3. The quantitative estimate of drug-likeness (QED) is 0.175. The molecule has 0 atom stereocenters. The fraction of sp³-hybridized carbons (Fsp3) is 0.255. The molecule has 3 aromatic heterocycles. The van der Waals surface area contributed by atoms with Crippen LogP contribution >= 0.6 is 0 Å². The first kappa shape index (κ1) is 41.4. The fourth-order valence-electron chi connectivity index (χ4n) is 7.71. The molecule has 0 radical (unpaired) electrons. The van der Waals surface area contributed by atoms with Crippen LogP contribution in [-0.4, -0.2) is 24.3 Å². The van der Waals surface area contributed by atoms with Crippen molar-refractivity contribution in [3.63, 3.8) is 0 Å². The Morgan fingerprint density at radius 1 is 0.528 bits per heavy atom. The molecule has 7 rings (SSSR count). The Labute approximate surface area is 335 Å². The average Bonchev–Trinajstić information content (AvgIpc) is 3.52. The molecule has 0 saturated carbocycles. The van der Waals surface area contributed by atoms with Crippen molar-refractivity contribution < 1.29 is 36.4 Å². The number of hydrogen-bond donors (Lipinski definition) is 2. The van der Waals surface area contributed by atoms with E-state index in [9.17, 15) is 10.2 Å². The van der Waals surface area contributed by atoms with Crippen molar-refractivity contribution in [3.05, 3.63) is 128 Å². The number of pyridine rings is 1. The zero-order valence-electron chi connectivity index (χ0n) is 33.4. The Morgan fingerprint density at radius 3 is 1.25 bits per heavy atom. The molecule has 53 heavy (non-hydrogen) atoms. The monoisotopic (exact) mass is 781 g/mol. The minimum atomic E-state index is -0.243. The van der Waals surface area contributed by atoms with Crippen molar-refractivity contribution in [2.45, 2.75) is 66.2 Å². The zero-order valence-corrected chi connectivity index (χ0v) is 35.9. The summed E-state index contributed by atoms with van der Waals surface area (Å²) in [6.45, 7) is 17.0. The van der Waals surface area contributed by atoms with Gasteiger partial charge in [-0.1, -0.05) is 96.1 Å². The minimum Gasteiger partial charge on any atom is -0.507 e. The summed E-state index contributed by atoms with van der Waals surface area (Å²) in [7, 11) is 4.14. The molecule has 0 aliphatic carbocycles. The SMILES string of the molecule is Cc1cc(-c2c(-c3cccc(-c4c(-c5cc(C)cc(C(C)(C)C)c5O)n(C)c5ccccc45)n3)c3ccccc3n2C)c(O)c(C(C)(C)C)c1.[CH3-].[CH3-].[Zr+2]. The second kappa shape index (κ2) is 14.8. The van der Waals surface area contributed by atoms with Gasteiger partial charge < -0.3 is 34.2 Å². The summed E-state index contributed by atoms with van der Waals surface area (Å²) >= 11 is 0. The van der Waals surface area contributed by atoms with Crippen LogP contribution in [0.25, 0.3) is 66.8 Å². The Kier molecular flexibility index (Phi) is 11.5. The van der Waals surface area contributed by atoms with Gasteiger partial charge in [0, 0.05) is 69.3 Å². The van der Waals surface area contributed by atoms with Crippen molar-refractivity contribution in [1.82, 2.24) is 14.1 Å². The number of phenolic OH excluding ortho intramolecular Hbond substituents is 2. The molecular formula is C47H53N3O2Zr. The van der Waals surface area contributed by atoms with Crippen LogP contribution in [0.5, 0.6) is 11.5 Å². The first-order valence-electron chi connectivity index (χ1n) is 17.4. The molecule has 7 aromatic rings. The van der Waals surface area contributed by atoms with Crippen molar-refractivity contribution >= 4 is 21.8 Å². The van der Waals surface area contributed by atoms with Gasteiger partial charge in [-0.3, -0.25) is 0 Å². The number of aromatic nitrogens is 3. The van der Waals surface area contributed by atoms with Crippen LogP contribution in [0, 0.1) is 28.7 Å². The van der Waals surface area contributed by atoms with Crippen LogP contribution < -0.4 is 0 Å². The number of para-hydroxylation sites is 2. The Hall–Kier alpha value is -4.41. The largest absolute Gasteiger partial charge is 2.00 e. The molecule has 272 valence electrons. The second-order valence-corrected chi connectivity index (χ2v) is 15.9. The van der Waals surface area contributed by atoms with E-state index < -0.39 is 0 Å². The van der Waals surface area contributed by atoms with E-state index in [1.54, 1.807) is 0 Å². The number of aromatic hydroxyl groups is 2. The normalized spacial score (nSPS) is 11.7. The molecule has 0 amide bonds. The summed E-state index contributed by atoms with van der Waals surface area (Å²) in [4.78, 5) is 5.47. The summed E-state index contributed by atoms with van der Waals surface area (Å²) in [5, 5.41) is 25.9. The van der Waals surface area contributed by atoms with E-state index in [2.05, 4.69) is 170 Å². The molecular weight excluding hydrogens is 730 g/mol. The molecule has 5 nitrogen and oxygen atoms in total. The van der Waals surface area contributed by atoms with Crippen LogP contribution in [0.15, 0.2) is 91.0 Å². The molecule has 6 heteroatoms. The smallest absolute Gasteiger partial charge is 0.507 e. The summed E-state index contributed by atoms with van der Waals surface area (Å²) in [6, 6.07) is 31.3. The van der Waals surface area contributed by atoms with E-state index in [0.29, 0.717) is 11.5 Å². The van der Waals surface area contributed by atoms with Crippen molar-refractivity contribution in [2.24, 2.45) is 14.1 Å². The van der Waals surface area contributed by atoms with Gasteiger partial charge in [0.15, 0.2) is 0 Å². The average molecular weight is 783 g/mol. The third-order valence-electron chi connectivity index (χ3n) is 10.1. The number of rotatable bonds is 4. The van der Waals surface area contributed by atoms with Gasteiger partial charge in [0.1, 0.15) is 11.5 Å². The maximum absolute atomic E-state index is 11.9. The molecule has 0 spiro atoms. The first-order valence-corrected chi connectivity index (χ1v) is 17.4. The predicted molar refractivity (Wildman–Crippen MR) is 222 cm³/mol. The molecule has 0 bridgehead atoms. The third kappa shape index (κ3) is 6.92. The number of benzene rings is 4. The number of nitrogens with zero attached hydrogens (tertiary/aromatic N) is 3. The Morgan fingerprint density at radius 2 is 0.887 bits per heavy atom. The van der Waals surface area contributed by atoms with Gasteiger partial charge in [-0.05, 0) is 72.2 Å². The molecule has 0 aliphatic rings. The molecule has 3 heterocycles. The number of fused-ring (bicyclic) bond motifs is 2. The topological polar surface area (TPSA) is 63.2 Å². The summed E-state index contributed by atoms with van der Waals surface area (Å²) in [5.41, 5.74) is 12.7. The maximum Gasteiger partial charge on any atom is 2.00 e. The van der Waals surface area contributed by atoms with Crippen molar-refractivity contribution in [1.29, 1.82) is 0 Å². The number of aryl methyl sites for hydroxylation is 4. The van der Waals surface area contributed by atoms with Gasteiger partial charge in [-0.25, -0.2) is 4.98 Å². The van der Waals surface area contributed by atoms with Gasteiger partial charge in [0.05, 0.1) is 22.8 Å². The van der Waals surface area contributed by atoms with E-state index >= 15 is 0 Å². The standard InChI is InChI=1S/C45H47N3O2.2CH3.Zr/c1-26-22-30(42(49)32(24-26)44(3,4)5)40-38(28-16-11-13-20-36(28)47(40)9)34-18-15-19-35(46-34)39-29-17-12-14-21-37(29)48(10)41(39)31-23-27(2)25-33(43(31)50)45(6,7)8;;;/h11-25,49-50H,1-10H3;2*1H3;/q;2*-1;+2. The molecule has 0 saturated heterocycles. The minimum absolute atomic E-state index is 0. The van der Waals surface area contributed by atoms with Gasteiger partial charge in [-0.15, -0.1) is 0 Å². The predicted octanol–water partition coefficient (Wildman–Crippen LogP) is 12.3. The van der Waals surface area contributed by atoms with Crippen LogP contribution in [0.1, 0.15) is 63.8 Å². The Balaban J connectivity index is 0.00000209. The van der Waals surface area contributed by atoms with Gasteiger partial charge >= 0.3 is 26.2 Å². The molecule has 0 fully saturated rings. The maximum atomic E-state index is 11.9. The Bertz CT molecular complexity index is 2300. The molecule has 4 aromatic carbocycles. The van der Waals surface area contributed by atoms with Gasteiger partial charge in [0.2, 0.25) is 0 Å². The molecule has 0 aliphatic heterocycles. The molecule has 2 N–H and O–H groups in total. The van der Waals surface area contributed by atoms with Gasteiger partial charge in [0.25, 0.3) is 0 Å². The van der Waals surface area contributed by atoms with E-state index in [-0.39, 0.29) is 51.9 Å². The third-order valence-corrected chi connectivity index (χ3v) is 10.1. The second-order valence-electron chi connectivity index (χ2n) is 15.9. The fourth-order valence-corrected chi connectivity index (χ4v) is 7.71. The number of phenols is 2. The van der Waals surface area contributed by atoms with Crippen molar-refractivity contribution in [3.8, 4) is 56.5 Å². The first-order chi connectivity index (χ1) is 23.6. The van der Waals surface area contributed by atoms with Crippen LogP contribution in [0.2, 0.25) is 0 Å². The summed E-state index contributed by atoms with van der Waals surface area (Å²) in [6.07, 6.45) is 0. The van der Waals surface area contributed by atoms with E-state index in [1.165, 1.54) is 0 Å². The summed E-state index contributed by atoms with van der Waals surface area (Å²) < 4.78 is 4.37. The summed E-state index contributed by atoms with van der Waals surface area (Å²) in [5.74, 6) is 0.597. The van der Waals surface area contributed by atoms with Crippen molar-refractivity contribution in [2.75, 3.05) is 0 Å². The zero-order chi connectivity index (χ0) is 35.9. The van der Waals surface area contributed by atoms with Crippen LogP contribution in [-0.2, 0) is 51.1 Å². The van der Waals surface area contributed by atoms with E-state index in [4.69, 9.17) is 4.98 Å². The molecule has 0 unspecified atom stereocenters. The van der Waals surface area contributed by atoms with E-state index in [0.717, 1.165) is 89.1 Å². The van der Waals surface area contributed by atoms with E-state index in [1.807, 2.05) is 0 Å². The van der Waals surface area contributed by atoms with Gasteiger partial charge in [-0.2, -0.15) is 0 Å². The van der Waals surface area contributed by atoms with Crippen LogP contribution in [0.4, 0.5) is 0 Å².